The molecule has 0 radical (unpaired) electrons. The number of hydrogen-bond acceptors (Lipinski definition) is 4. The number of carbonyl (C=O) groups is 1. The van der Waals surface area contributed by atoms with Crippen LogP contribution in [0, 0.1) is 5.92 Å². The molecule has 1 aromatic carbocycles. The van der Waals surface area contributed by atoms with Gasteiger partial charge in [0, 0.05) is 12.5 Å². The van der Waals surface area contributed by atoms with Gasteiger partial charge in [-0.25, -0.2) is 9.79 Å². The molecule has 0 bridgehead atoms. The summed E-state index contributed by atoms with van der Waals surface area (Å²) in [5.74, 6) is 2.54. The first-order chi connectivity index (χ1) is 13.7. The van der Waals surface area contributed by atoms with Crippen LogP contribution in [0.1, 0.15) is 44.6 Å². The molecular weight excluding hydrogens is 350 g/mol. The third-order valence-electron chi connectivity index (χ3n) is 6.45. The molecule has 28 heavy (non-hydrogen) atoms. The third kappa shape index (κ3) is 2.99. The lowest BCUT2D eigenvalue weighted by molar-refractivity contribution is 0.139. The maximum absolute atomic E-state index is 13.2. The van der Waals surface area contributed by atoms with Gasteiger partial charge in [-0.2, -0.15) is 0 Å². The number of amides is 2. The second-order valence-corrected chi connectivity index (χ2v) is 8.45. The molecule has 3 heterocycles. The van der Waals surface area contributed by atoms with Crippen LogP contribution in [0.3, 0.4) is 0 Å². The number of aliphatic imine (C=N–C) groups is 2. The van der Waals surface area contributed by atoms with E-state index in [4.69, 9.17) is 9.98 Å². The summed E-state index contributed by atoms with van der Waals surface area (Å²) < 4.78 is 0. The monoisotopic (exact) mass is 379 g/mol. The van der Waals surface area contributed by atoms with Gasteiger partial charge in [-0.1, -0.05) is 50.1 Å². The molecule has 0 aromatic heterocycles. The molecular formula is C22H29N5O. The van der Waals surface area contributed by atoms with Crippen molar-refractivity contribution in [2.24, 2.45) is 15.9 Å². The van der Waals surface area contributed by atoms with Gasteiger partial charge in [-0.3, -0.25) is 14.8 Å². The highest BCUT2D eigenvalue weighted by molar-refractivity contribution is 6.08. The van der Waals surface area contributed by atoms with Gasteiger partial charge >= 0.3 is 6.03 Å². The van der Waals surface area contributed by atoms with Crippen LogP contribution in [0.25, 0.3) is 0 Å². The van der Waals surface area contributed by atoms with E-state index in [-0.39, 0.29) is 24.3 Å². The van der Waals surface area contributed by atoms with Crippen molar-refractivity contribution >= 4 is 17.7 Å². The molecule has 1 aromatic rings. The minimum Gasteiger partial charge on any atom is -0.360 e. The number of nitrogens with one attached hydrogen (secondary N) is 1. The second-order valence-electron chi connectivity index (χ2n) is 8.45. The second kappa shape index (κ2) is 7.22. The van der Waals surface area contributed by atoms with Crippen molar-refractivity contribution in [3.05, 3.63) is 35.9 Å². The summed E-state index contributed by atoms with van der Waals surface area (Å²) in [6.07, 6.45) is 6.66. The molecule has 148 valence electrons. The highest BCUT2D eigenvalue weighted by Crippen LogP contribution is 2.33. The molecule has 1 aliphatic carbocycles. The summed E-state index contributed by atoms with van der Waals surface area (Å²) in [7, 11) is 0. The molecule has 4 aliphatic rings. The Bertz CT molecular complexity index is 798. The van der Waals surface area contributed by atoms with Crippen molar-refractivity contribution in [1.29, 1.82) is 0 Å². The minimum atomic E-state index is -0.131. The zero-order chi connectivity index (χ0) is 19.1. The number of carbonyl (C=O) groups excluding carboxylic acids is 1. The molecule has 1 saturated heterocycles. The predicted octanol–water partition coefficient (Wildman–Crippen LogP) is 3.04. The Hall–Kier alpha value is -2.37. The fraction of sp³-hybridized carbons (Fsp3) is 0.591. The summed E-state index contributed by atoms with van der Waals surface area (Å²) in [5.41, 5.74) is 1.27. The highest BCUT2D eigenvalue weighted by Gasteiger charge is 2.51. The number of urea groups is 1. The van der Waals surface area contributed by atoms with Crippen LogP contribution in [0.15, 0.2) is 40.3 Å². The van der Waals surface area contributed by atoms with E-state index in [9.17, 15) is 4.79 Å². The molecule has 3 unspecified atom stereocenters. The van der Waals surface area contributed by atoms with Gasteiger partial charge in [0.15, 0.2) is 6.17 Å². The Morgan fingerprint density at radius 1 is 1.14 bits per heavy atom. The molecule has 1 saturated carbocycles. The lowest BCUT2D eigenvalue weighted by Crippen LogP contribution is -2.64. The molecule has 6 nitrogen and oxygen atoms in total. The molecule has 1 N–H and O–H groups in total. The van der Waals surface area contributed by atoms with Gasteiger partial charge < -0.3 is 5.32 Å². The van der Waals surface area contributed by atoms with Crippen molar-refractivity contribution in [3.8, 4) is 0 Å². The lowest BCUT2D eigenvalue weighted by atomic mass is 10.1. The van der Waals surface area contributed by atoms with Crippen LogP contribution in [-0.2, 0) is 6.42 Å². The number of amidine groups is 2. The number of rotatable bonds is 5. The van der Waals surface area contributed by atoms with Gasteiger partial charge in [0.2, 0.25) is 0 Å². The topological polar surface area (TPSA) is 60.3 Å². The molecule has 2 amide bonds. The van der Waals surface area contributed by atoms with Gasteiger partial charge in [-0.15, -0.1) is 0 Å². The van der Waals surface area contributed by atoms with Crippen molar-refractivity contribution < 1.29 is 4.79 Å². The Balaban J connectivity index is 1.41. The van der Waals surface area contributed by atoms with Crippen molar-refractivity contribution in [3.63, 3.8) is 0 Å². The van der Waals surface area contributed by atoms with Gasteiger partial charge in [0.1, 0.15) is 17.7 Å². The Kier molecular flexibility index (Phi) is 4.57. The Labute approximate surface area is 166 Å². The van der Waals surface area contributed by atoms with Crippen LogP contribution in [-0.4, -0.2) is 58.8 Å². The first kappa shape index (κ1) is 17.7. The number of fused-ring (bicyclic) bond motifs is 3. The molecule has 3 atom stereocenters. The van der Waals surface area contributed by atoms with E-state index in [0.29, 0.717) is 12.5 Å². The third-order valence-corrected chi connectivity index (χ3v) is 6.45. The normalized spacial score (nSPS) is 29.5. The van der Waals surface area contributed by atoms with Gasteiger partial charge in [0.05, 0.1) is 12.6 Å². The van der Waals surface area contributed by atoms with E-state index < -0.39 is 0 Å². The summed E-state index contributed by atoms with van der Waals surface area (Å²) in [6, 6.07) is 10.7. The van der Waals surface area contributed by atoms with E-state index in [1.807, 2.05) is 15.9 Å². The number of benzene rings is 1. The highest BCUT2D eigenvalue weighted by atomic mass is 16.2. The maximum atomic E-state index is 13.2. The summed E-state index contributed by atoms with van der Waals surface area (Å²) >= 11 is 0. The van der Waals surface area contributed by atoms with Crippen LogP contribution in [0.2, 0.25) is 0 Å². The molecule has 5 rings (SSSR count). The van der Waals surface area contributed by atoms with Gasteiger partial charge in [-0.05, 0) is 31.2 Å². The van der Waals surface area contributed by atoms with Crippen molar-refractivity contribution in [2.75, 3.05) is 13.1 Å². The van der Waals surface area contributed by atoms with Gasteiger partial charge in [0.25, 0.3) is 0 Å². The molecule has 2 fully saturated rings. The Morgan fingerprint density at radius 2 is 1.93 bits per heavy atom. The first-order valence-electron chi connectivity index (χ1n) is 10.8. The molecule has 3 aliphatic heterocycles. The maximum Gasteiger partial charge on any atom is 0.327 e. The lowest BCUT2D eigenvalue weighted by Gasteiger charge is -2.40. The number of nitrogens with zero attached hydrogens (tertiary/aromatic N) is 4. The molecule has 6 heteroatoms. The van der Waals surface area contributed by atoms with E-state index in [1.165, 1.54) is 31.2 Å². The van der Waals surface area contributed by atoms with Crippen LogP contribution in [0.4, 0.5) is 4.79 Å². The summed E-state index contributed by atoms with van der Waals surface area (Å²) in [4.78, 5) is 27.1. The predicted molar refractivity (Wildman–Crippen MR) is 111 cm³/mol. The zero-order valence-electron chi connectivity index (χ0n) is 16.6. The SMILES string of the molecule is CCCN1C(=O)N2CC(Cc3ccccc3)N=C2C2NC(C3CCCC3)=NC21. The fourth-order valence-corrected chi connectivity index (χ4v) is 5.12. The fourth-order valence-electron chi connectivity index (χ4n) is 5.12. The number of hydrogen-bond donors (Lipinski definition) is 1. The first-order valence-corrected chi connectivity index (χ1v) is 10.8. The zero-order valence-corrected chi connectivity index (χ0v) is 16.6. The minimum absolute atomic E-state index is 0.0145. The largest absolute Gasteiger partial charge is 0.360 e. The van der Waals surface area contributed by atoms with Crippen LogP contribution >= 0.6 is 0 Å². The van der Waals surface area contributed by atoms with Crippen LogP contribution < -0.4 is 5.32 Å². The van der Waals surface area contributed by atoms with E-state index >= 15 is 0 Å². The Morgan fingerprint density at radius 3 is 2.68 bits per heavy atom. The van der Waals surface area contributed by atoms with E-state index in [2.05, 4.69) is 36.5 Å². The smallest absolute Gasteiger partial charge is 0.327 e. The van der Waals surface area contributed by atoms with Crippen molar-refractivity contribution in [1.82, 2.24) is 15.1 Å². The standard InChI is InChI=1S/C22H29N5O/c1-2-12-26-21-18(24-19(25-21)16-10-6-7-11-16)20-23-17(14-27(20)22(26)28)13-15-8-4-3-5-9-15/h3-5,8-9,16-18,21H,2,6-7,10-14H2,1H3,(H,24,25). The average molecular weight is 380 g/mol. The quantitative estimate of drug-likeness (QED) is 0.855. The summed E-state index contributed by atoms with van der Waals surface area (Å²) in [5, 5.41) is 3.68. The molecule has 0 spiro atoms. The van der Waals surface area contributed by atoms with Crippen molar-refractivity contribution in [2.45, 2.75) is 63.7 Å². The average Bonchev–Trinajstić information content (AvgIpc) is 3.44. The van der Waals surface area contributed by atoms with E-state index in [0.717, 1.165) is 31.1 Å². The summed E-state index contributed by atoms with van der Waals surface area (Å²) in [6.45, 7) is 3.54. The van der Waals surface area contributed by atoms with Crippen LogP contribution in [0.5, 0.6) is 0 Å². The van der Waals surface area contributed by atoms with E-state index in [1.54, 1.807) is 0 Å².